The molecule has 0 fully saturated rings. The molecule has 7 nitrogen and oxygen atoms in total. The maximum absolute atomic E-state index is 12.4. The molecule has 0 aliphatic heterocycles. The van der Waals surface area contributed by atoms with Gasteiger partial charge in [-0.3, -0.25) is 14.9 Å². The molecule has 0 bridgehead atoms. The van der Waals surface area contributed by atoms with E-state index in [1.54, 1.807) is 66.7 Å². The molecule has 3 aromatic rings. The Balaban J connectivity index is 1.51. The zero-order valence-corrected chi connectivity index (χ0v) is 19.5. The summed E-state index contributed by atoms with van der Waals surface area (Å²) < 4.78 is 11.1. The number of unbranched alkanes of at least 4 members (excludes halogenated alkanes) is 3. The highest BCUT2D eigenvalue weighted by Gasteiger charge is 2.10. The molecule has 3 rings (SSSR count). The Kier molecular flexibility index (Phi) is 9.31. The minimum absolute atomic E-state index is 0.0132. The lowest BCUT2D eigenvalue weighted by molar-refractivity contribution is -0.384. The van der Waals surface area contributed by atoms with Gasteiger partial charge in [-0.15, -0.1) is 0 Å². The predicted octanol–water partition coefficient (Wildman–Crippen LogP) is 6.67. The van der Waals surface area contributed by atoms with Crippen molar-refractivity contribution in [3.8, 4) is 11.5 Å². The van der Waals surface area contributed by atoms with Crippen LogP contribution in [0.5, 0.6) is 11.5 Å². The van der Waals surface area contributed by atoms with Gasteiger partial charge in [-0.05, 0) is 78.7 Å². The highest BCUT2D eigenvalue weighted by atomic mass is 16.6. The molecule has 35 heavy (non-hydrogen) atoms. The summed E-state index contributed by atoms with van der Waals surface area (Å²) in [7, 11) is 0. The number of esters is 1. The van der Waals surface area contributed by atoms with Crippen LogP contribution in [0.4, 0.5) is 5.69 Å². The maximum Gasteiger partial charge on any atom is 0.343 e. The minimum atomic E-state index is -0.503. The van der Waals surface area contributed by atoms with E-state index in [9.17, 15) is 19.7 Å². The molecule has 0 amide bonds. The Morgan fingerprint density at radius 1 is 0.829 bits per heavy atom. The topological polar surface area (TPSA) is 95.7 Å². The van der Waals surface area contributed by atoms with Gasteiger partial charge >= 0.3 is 5.97 Å². The number of nitrogens with zero attached hydrogens (tertiary/aromatic N) is 1. The molecule has 0 aliphatic rings. The van der Waals surface area contributed by atoms with Gasteiger partial charge in [-0.25, -0.2) is 4.79 Å². The highest BCUT2D eigenvalue weighted by molar-refractivity contribution is 6.06. The molecule has 0 saturated heterocycles. The summed E-state index contributed by atoms with van der Waals surface area (Å²) >= 11 is 0. The van der Waals surface area contributed by atoms with Crippen LogP contribution >= 0.6 is 0 Å². The third-order valence-corrected chi connectivity index (χ3v) is 5.24. The third kappa shape index (κ3) is 7.92. The Morgan fingerprint density at radius 2 is 1.46 bits per heavy atom. The van der Waals surface area contributed by atoms with Crippen LogP contribution in [-0.4, -0.2) is 23.3 Å². The number of benzene rings is 3. The fourth-order valence-corrected chi connectivity index (χ4v) is 3.23. The van der Waals surface area contributed by atoms with Crippen LogP contribution < -0.4 is 9.47 Å². The molecule has 0 saturated carbocycles. The van der Waals surface area contributed by atoms with E-state index in [0.717, 1.165) is 12.8 Å². The van der Waals surface area contributed by atoms with Crippen LogP contribution in [0.15, 0.2) is 78.9 Å². The van der Waals surface area contributed by atoms with Gasteiger partial charge in [0.05, 0.1) is 17.1 Å². The lowest BCUT2D eigenvalue weighted by atomic mass is 10.1. The van der Waals surface area contributed by atoms with Gasteiger partial charge < -0.3 is 9.47 Å². The van der Waals surface area contributed by atoms with Crippen molar-refractivity contribution in [2.45, 2.75) is 32.6 Å². The van der Waals surface area contributed by atoms with Gasteiger partial charge in [0.15, 0.2) is 5.78 Å². The van der Waals surface area contributed by atoms with E-state index in [1.807, 2.05) is 0 Å². The molecule has 0 heterocycles. The van der Waals surface area contributed by atoms with Gasteiger partial charge in [0, 0.05) is 17.7 Å². The largest absolute Gasteiger partial charge is 0.494 e. The molecule has 0 radical (unpaired) electrons. The molecule has 0 aromatic heterocycles. The lowest BCUT2D eigenvalue weighted by Crippen LogP contribution is -2.08. The van der Waals surface area contributed by atoms with Crippen molar-refractivity contribution < 1.29 is 24.0 Å². The smallest absolute Gasteiger partial charge is 0.343 e. The number of carbonyl (C=O) groups excluding carboxylic acids is 2. The Labute approximate surface area is 204 Å². The number of hydrogen-bond acceptors (Lipinski definition) is 6. The third-order valence-electron chi connectivity index (χ3n) is 5.24. The summed E-state index contributed by atoms with van der Waals surface area (Å²) in [6, 6.07) is 18.9. The Bertz CT molecular complexity index is 1170. The first-order valence-corrected chi connectivity index (χ1v) is 11.5. The normalized spacial score (nSPS) is 10.8. The van der Waals surface area contributed by atoms with E-state index >= 15 is 0 Å². The number of rotatable bonds is 12. The minimum Gasteiger partial charge on any atom is -0.494 e. The van der Waals surface area contributed by atoms with Crippen molar-refractivity contribution in [2.75, 3.05) is 6.61 Å². The van der Waals surface area contributed by atoms with E-state index < -0.39 is 10.9 Å². The molecule has 0 unspecified atom stereocenters. The van der Waals surface area contributed by atoms with E-state index in [1.165, 1.54) is 31.1 Å². The average Bonchev–Trinajstić information content (AvgIpc) is 2.88. The van der Waals surface area contributed by atoms with Gasteiger partial charge in [0.2, 0.25) is 0 Å². The first kappa shape index (κ1) is 25.4. The first-order valence-electron chi connectivity index (χ1n) is 11.5. The van der Waals surface area contributed by atoms with E-state index in [0.29, 0.717) is 34.8 Å². The van der Waals surface area contributed by atoms with E-state index in [4.69, 9.17) is 9.47 Å². The van der Waals surface area contributed by atoms with Crippen molar-refractivity contribution in [1.82, 2.24) is 0 Å². The highest BCUT2D eigenvalue weighted by Crippen LogP contribution is 2.18. The summed E-state index contributed by atoms with van der Waals surface area (Å²) in [5.41, 5.74) is 1.47. The Hall–Kier alpha value is -4.26. The molecular formula is C28H27NO6. The van der Waals surface area contributed by atoms with Crippen LogP contribution in [-0.2, 0) is 0 Å². The van der Waals surface area contributed by atoms with Crippen LogP contribution in [0, 0.1) is 10.1 Å². The SMILES string of the molecule is CCCCCCOc1ccc(C(=O)Oc2ccc(C(=O)/C=C/c3ccc([N+](=O)[O-])cc3)cc2)cc1. The van der Waals surface area contributed by atoms with E-state index in [-0.39, 0.29) is 11.5 Å². The fraction of sp³-hybridized carbons (Fsp3) is 0.214. The van der Waals surface area contributed by atoms with Crippen molar-refractivity contribution >= 4 is 23.5 Å². The van der Waals surface area contributed by atoms with E-state index in [2.05, 4.69) is 6.92 Å². The summed E-state index contributed by atoms with van der Waals surface area (Å²) in [6.07, 6.45) is 7.48. The molecule has 0 atom stereocenters. The molecule has 7 heteroatoms. The van der Waals surface area contributed by atoms with Crippen molar-refractivity contribution in [1.29, 1.82) is 0 Å². The molecule has 0 aliphatic carbocycles. The number of nitro groups is 1. The fourth-order valence-electron chi connectivity index (χ4n) is 3.23. The molecule has 0 N–H and O–H groups in total. The number of non-ortho nitro benzene ring substituents is 1. The molecule has 0 spiro atoms. The van der Waals surface area contributed by atoms with Gasteiger partial charge in [-0.2, -0.15) is 0 Å². The number of carbonyl (C=O) groups is 2. The van der Waals surface area contributed by atoms with Crippen molar-refractivity contribution in [3.63, 3.8) is 0 Å². The zero-order valence-electron chi connectivity index (χ0n) is 19.5. The predicted molar refractivity (Wildman–Crippen MR) is 134 cm³/mol. The van der Waals surface area contributed by atoms with Gasteiger partial charge in [0.1, 0.15) is 11.5 Å². The second kappa shape index (κ2) is 12.8. The summed E-state index contributed by atoms with van der Waals surface area (Å²) in [6.45, 7) is 2.81. The second-order valence-electron chi connectivity index (χ2n) is 7.89. The monoisotopic (exact) mass is 473 g/mol. The molecular weight excluding hydrogens is 446 g/mol. The van der Waals surface area contributed by atoms with Crippen LogP contribution in [0.3, 0.4) is 0 Å². The van der Waals surface area contributed by atoms with Gasteiger partial charge in [0.25, 0.3) is 5.69 Å². The summed E-state index contributed by atoms with van der Waals surface area (Å²) in [5, 5.41) is 10.7. The molecule has 3 aromatic carbocycles. The quantitative estimate of drug-likeness (QED) is 0.0554. The van der Waals surface area contributed by atoms with Crippen molar-refractivity contribution in [3.05, 3.63) is 106 Å². The van der Waals surface area contributed by atoms with Crippen LogP contribution in [0.1, 0.15) is 58.9 Å². The standard InChI is InChI=1S/C28H27NO6/c1-2-3-4-5-20-34-25-15-11-23(12-16-25)28(31)35-26-17-9-22(10-18-26)27(30)19-8-21-6-13-24(14-7-21)29(32)33/h6-19H,2-5,20H2,1H3/b19-8+. The average molecular weight is 474 g/mol. The number of hydrogen-bond donors (Lipinski definition) is 0. The van der Waals surface area contributed by atoms with Crippen LogP contribution in [0.2, 0.25) is 0 Å². The number of ketones is 1. The summed E-state index contributed by atoms with van der Waals surface area (Å²) in [5.74, 6) is 0.285. The number of ether oxygens (including phenoxy) is 2. The number of allylic oxidation sites excluding steroid dienone is 1. The first-order chi connectivity index (χ1) is 17.0. The Morgan fingerprint density at radius 3 is 2.09 bits per heavy atom. The van der Waals surface area contributed by atoms with Crippen LogP contribution in [0.25, 0.3) is 6.08 Å². The van der Waals surface area contributed by atoms with Gasteiger partial charge in [-0.1, -0.05) is 32.3 Å². The maximum atomic E-state index is 12.4. The zero-order chi connectivity index (χ0) is 25.0. The summed E-state index contributed by atoms with van der Waals surface area (Å²) in [4.78, 5) is 35.0. The second-order valence-corrected chi connectivity index (χ2v) is 7.89. The number of nitro benzene ring substituents is 1. The van der Waals surface area contributed by atoms with Crippen molar-refractivity contribution in [2.24, 2.45) is 0 Å². The lowest BCUT2D eigenvalue weighted by Gasteiger charge is -2.08. The molecule has 180 valence electrons.